The molecule has 4 rings (SSSR count). The van der Waals surface area contributed by atoms with E-state index in [9.17, 15) is 9.90 Å². The van der Waals surface area contributed by atoms with Gasteiger partial charge in [0.2, 0.25) is 0 Å². The molecule has 4 heteroatoms. The number of hydrogen-bond acceptors (Lipinski definition) is 3. The molecule has 3 atom stereocenters. The van der Waals surface area contributed by atoms with E-state index < -0.39 is 5.60 Å². The van der Waals surface area contributed by atoms with Gasteiger partial charge >= 0.3 is 0 Å². The summed E-state index contributed by atoms with van der Waals surface area (Å²) in [7, 11) is 0. The van der Waals surface area contributed by atoms with Crippen molar-refractivity contribution in [3.63, 3.8) is 0 Å². The highest BCUT2D eigenvalue weighted by molar-refractivity contribution is 5.87. The molecule has 2 saturated carbocycles. The van der Waals surface area contributed by atoms with Gasteiger partial charge in [-0.05, 0) is 43.2 Å². The van der Waals surface area contributed by atoms with Crippen LogP contribution in [0.25, 0.3) is 0 Å². The number of fused-ring (bicyclic) bond motifs is 1. The van der Waals surface area contributed by atoms with Crippen LogP contribution in [0.15, 0.2) is 30.3 Å². The number of amides is 1. The molecule has 1 aliphatic heterocycles. The fourth-order valence-electron chi connectivity index (χ4n) is 5.42. The second kappa shape index (κ2) is 7.92. The Labute approximate surface area is 163 Å². The largest absolute Gasteiger partial charge is 0.375 e. The van der Waals surface area contributed by atoms with Crippen molar-refractivity contribution in [2.75, 3.05) is 19.6 Å². The third-order valence-electron chi connectivity index (χ3n) is 7.15. The molecule has 2 aliphatic carbocycles. The quantitative estimate of drug-likeness (QED) is 0.774. The average molecular weight is 371 g/mol. The highest BCUT2D eigenvalue weighted by atomic mass is 16.3. The number of nitrogens with zero attached hydrogens (tertiary/aromatic N) is 1. The Morgan fingerprint density at radius 1 is 1.15 bits per heavy atom. The first-order valence-corrected chi connectivity index (χ1v) is 11.0. The lowest BCUT2D eigenvalue weighted by molar-refractivity contribution is -0.149. The summed E-state index contributed by atoms with van der Waals surface area (Å²) >= 11 is 0. The van der Waals surface area contributed by atoms with E-state index in [1.165, 1.54) is 25.8 Å². The standard InChI is InChI=1S/C23H34N2O2/c1-2-3-14-25-15-19-20(16-25)21(19)24-22(26)23(27,17-10-6-4-7-11-17)18-12-8-5-9-13-18/h4,6-7,10-11,18-21,27H,2-3,5,8-9,12-16H2,1H3,(H,24,26). The number of unbranched alkanes of at least 4 members (excludes halogenated alkanes) is 1. The van der Waals surface area contributed by atoms with E-state index in [0.29, 0.717) is 11.8 Å². The maximum absolute atomic E-state index is 13.3. The Bertz CT molecular complexity index is 631. The summed E-state index contributed by atoms with van der Waals surface area (Å²) in [5, 5.41) is 14.9. The minimum atomic E-state index is -1.39. The number of carbonyl (C=O) groups excluding carboxylic acids is 1. The first-order chi connectivity index (χ1) is 13.1. The molecule has 148 valence electrons. The summed E-state index contributed by atoms with van der Waals surface area (Å²) < 4.78 is 0. The van der Waals surface area contributed by atoms with Crippen LogP contribution in [0.3, 0.4) is 0 Å². The third-order valence-corrected chi connectivity index (χ3v) is 7.15. The molecule has 0 aromatic heterocycles. The second-order valence-electron chi connectivity index (χ2n) is 8.91. The SMILES string of the molecule is CCCCN1CC2C(C1)C2NC(=O)C(O)(c1ccccc1)C1CCCCC1. The smallest absolute Gasteiger partial charge is 0.257 e. The second-order valence-corrected chi connectivity index (χ2v) is 8.91. The Balaban J connectivity index is 1.43. The molecule has 1 heterocycles. The van der Waals surface area contributed by atoms with Gasteiger partial charge in [0.25, 0.3) is 5.91 Å². The Morgan fingerprint density at radius 2 is 1.81 bits per heavy atom. The summed E-state index contributed by atoms with van der Waals surface area (Å²) in [6.45, 7) is 5.61. The monoisotopic (exact) mass is 370 g/mol. The predicted octanol–water partition coefficient (Wildman–Crippen LogP) is 3.30. The van der Waals surface area contributed by atoms with Gasteiger partial charge in [0.05, 0.1) is 0 Å². The Kier molecular flexibility index (Phi) is 5.56. The highest BCUT2D eigenvalue weighted by Gasteiger charge is 2.58. The zero-order chi connectivity index (χ0) is 18.9. The number of nitrogens with one attached hydrogen (secondary N) is 1. The molecule has 1 saturated heterocycles. The van der Waals surface area contributed by atoms with Crippen LogP contribution < -0.4 is 5.32 Å². The number of hydrogen-bond donors (Lipinski definition) is 2. The van der Waals surface area contributed by atoms with E-state index in [2.05, 4.69) is 17.1 Å². The molecule has 1 amide bonds. The zero-order valence-electron chi connectivity index (χ0n) is 16.6. The molecule has 0 bridgehead atoms. The minimum Gasteiger partial charge on any atom is -0.375 e. The van der Waals surface area contributed by atoms with Crippen LogP contribution in [0, 0.1) is 17.8 Å². The van der Waals surface area contributed by atoms with Crippen molar-refractivity contribution in [2.45, 2.75) is 63.5 Å². The van der Waals surface area contributed by atoms with Gasteiger partial charge in [-0.1, -0.05) is 62.9 Å². The van der Waals surface area contributed by atoms with Crippen LogP contribution in [0.4, 0.5) is 0 Å². The number of rotatable bonds is 7. The molecule has 1 aromatic rings. The summed E-state index contributed by atoms with van der Waals surface area (Å²) in [4.78, 5) is 15.9. The van der Waals surface area contributed by atoms with E-state index in [0.717, 1.165) is 44.3 Å². The van der Waals surface area contributed by atoms with Crippen LogP contribution >= 0.6 is 0 Å². The van der Waals surface area contributed by atoms with Gasteiger partial charge in [0, 0.05) is 25.0 Å². The van der Waals surface area contributed by atoms with E-state index in [1.807, 2.05) is 30.3 Å². The first-order valence-electron chi connectivity index (χ1n) is 11.0. The Morgan fingerprint density at radius 3 is 2.44 bits per heavy atom. The molecule has 0 spiro atoms. The van der Waals surface area contributed by atoms with Gasteiger partial charge < -0.3 is 15.3 Å². The van der Waals surface area contributed by atoms with Crippen molar-refractivity contribution in [1.82, 2.24) is 10.2 Å². The lowest BCUT2D eigenvalue weighted by Gasteiger charge is -2.38. The van der Waals surface area contributed by atoms with Gasteiger partial charge in [0.15, 0.2) is 5.60 Å². The van der Waals surface area contributed by atoms with Gasteiger partial charge in [-0.15, -0.1) is 0 Å². The van der Waals surface area contributed by atoms with Crippen LogP contribution in [-0.4, -0.2) is 41.6 Å². The van der Waals surface area contributed by atoms with Crippen molar-refractivity contribution in [3.05, 3.63) is 35.9 Å². The molecule has 3 aliphatic rings. The third kappa shape index (κ3) is 3.66. The van der Waals surface area contributed by atoms with Crippen molar-refractivity contribution < 1.29 is 9.90 Å². The maximum Gasteiger partial charge on any atom is 0.257 e. The molecular weight excluding hydrogens is 336 g/mol. The Hall–Kier alpha value is -1.39. The summed E-state index contributed by atoms with van der Waals surface area (Å²) in [5.41, 5.74) is -0.634. The van der Waals surface area contributed by atoms with Crippen molar-refractivity contribution >= 4 is 5.91 Å². The van der Waals surface area contributed by atoms with Crippen LogP contribution in [0.1, 0.15) is 57.4 Å². The van der Waals surface area contributed by atoms with Crippen LogP contribution in [0.5, 0.6) is 0 Å². The van der Waals surface area contributed by atoms with Gasteiger partial charge in [-0.3, -0.25) is 4.79 Å². The molecule has 3 unspecified atom stereocenters. The molecule has 1 aromatic carbocycles. The highest BCUT2D eigenvalue weighted by Crippen LogP contribution is 2.47. The predicted molar refractivity (Wildman–Crippen MR) is 107 cm³/mol. The van der Waals surface area contributed by atoms with E-state index >= 15 is 0 Å². The van der Waals surface area contributed by atoms with Gasteiger partial charge in [0.1, 0.15) is 0 Å². The lowest BCUT2D eigenvalue weighted by Crippen LogP contribution is -2.51. The number of aliphatic hydroxyl groups is 1. The van der Waals surface area contributed by atoms with Crippen LogP contribution in [-0.2, 0) is 10.4 Å². The van der Waals surface area contributed by atoms with E-state index in [4.69, 9.17) is 0 Å². The normalized spacial score (nSPS) is 30.5. The molecule has 3 fully saturated rings. The van der Waals surface area contributed by atoms with E-state index in [1.54, 1.807) is 0 Å². The summed E-state index contributed by atoms with van der Waals surface area (Å²) in [6, 6.07) is 9.87. The zero-order valence-corrected chi connectivity index (χ0v) is 16.6. The van der Waals surface area contributed by atoms with Crippen molar-refractivity contribution in [1.29, 1.82) is 0 Å². The molecule has 4 nitrogen and oxygen atoms in total. The maximum atomic E-state index is 13.3. The fraction of sp³-hybridized carbons (Fsp3) is 0.696. The molecule has 0 radical (unpaired) electrons. The van der Waals surface area contributed by atoms with Gasteiger partial charge in [-0.25, -0.2) is 0 Å². The van der Waals surface area contributed by atoms with Gasteiger partial charge in [-0.2, -0.15) is 0 Å². The first kappa shape index (κ1) is 18.9. The summed E-state index contributed by atoms with van der Waals surface area (Å²) in [5.74, 6) is 1.02. The number of likely N-dealkylation sites (tertiary alicyclic amines) is 1. The molecule has 2 N–H and O–H groups in total. The molecule has 27 heavy (non-hydrogen) atoms. The summed E-state index contributed by atoms with van der Waals surface area (Å²) in [6.07, 6.45) is 7.78. The topological polar surface area (TPSA) is 52.6 Å². The van der Waals surface area contributed by atoms with Crippen LogP contribution in [0.2, 0.25) is 0 Å². The fourth-order valence-corrected chi connectivity index (χ4v) is 5.42. The lowest BCUT2D eigenvalue weighted by atomic mass is 9.73. The number of piperidine rings is 1. The molecular formula is C23H34N2O2. The van der Waals surface area contributed by atoms with E-state index in [-0.39, 0.29) is 17.9 Å². The number of carbonyl (C=O) groups is 1. The van der Waals surface area contributed by atoms with Crippen molar-refractivity contribution in [3.8, 4) is 0 Å². The number of benzene rings is 1. The minimum absolute atomic E-state index is 0.0216. The average Bonchev–Trinajstić information content (AvgIpc) is 3.15. The van der Waals surface area contributed by atoms with Crippen molar-refractivity contribution in [2.24, 2.45) is 17.8 Å².